The molecule has 0 spiro atoms. The lowest BCUT2D eigenvalue weighted by atomic mass is 10.00. The molecule has 1 aromatic heterocycles. The van der Waals surface area contributed by atoms with Gasteiger partial charge < -0.3 is 10.1 Å². The zero-order chi connectivity index (χ0) is 17.2. The van der Waals surface area contributed by atoms with Crippen LogP contribution in [-0.2, 0) is 6.42 Å². The van der Waals surface area contributed by atoms with Crippen molar-refractivity contribution in [3.63, 3.8) is 0 Å². The van der Waals surface area contributed by atoms with E-state index in [0.717, 1.165) is 29.0 Å². The Kier molecular flexibility index (Phi) is 3.93. The van der Waals surface area contributed by atoms with Crippen molar-refractivity contribution in [2.45, 2.75) is 19.4 Å². The minimum atomic E-state index is -0.0571. The normalized spacial score (nSPS) is 15.9. The van der Waals surface area contributed by atoms with Crippen LogP contribution >= 0.6 is 0 Å². The molecule has 0 radical (unpaired) electrons. The molecule has 2 aromatic carbocycles. The van der Waals surface area contributed by atoms with E-state index < -0.39 is 0 Å². The lowest BCUT2D eigenvalue weighted by Crippen LogP contribution is -2.20. The molecule has 1 aliphatic heterocycles. The van der Waals surface area contributed by atoms with Gasteiger partial charge >= 0.3 is 0 Å². The Hall–Kier alpha value is -3.15. The molecule has 0 aliphatic carbocycles. The zero-order valence-electron chi connectivity index (χ0n) is 14.2. The third-order valence-electron chi connectivity index (χ3n) is 4.44. The van der Waals surface area contributed by atoms with Crippen LogP contribution in [-0.4, -0.2) is 27.3 Å². The Morgan fingerprint density at radius 2 is 2.00 bits per heavy atom. The van der Waals surface area contributed by atoms with Crippen LogP contribution < -0.4 is 10.1 Å². The molecule has 25 heavy (non-hydrogen) atoms. The van der Waals surface area contributed by atoms with Gasteiger partial charge in [-0.1, -0.05) is 48.4 Å². The van der Waals surface area contributed by atoms with Crippen molar-refractivity contribution in [3.8, 4) is 5.75 Å². The highest BCUT2D eigenvalue weighted by Crippen LogP contribution is 2.32. The number of hydrogen-bond acceptors (Lipinski definition) is 5. The van der Waals surface area contributed by atoms with Crippen molar-refractivity contribution in [2.24, 2.45) is 0 Å². The second kappa shape index (κ2) is 6.39. The van der Waals surface area contributed by atoms with Crippen LogP contribution in [0.1, 0.15) is 29.7 Å². The first-order valence-corrected chi connectivity index (χ1v) is 8.28. The maximum atomic E-state index is 5.34. The van der Waals surface area contributed by atoms with E-state index in [9.17, 15) is 0 Å². The van der Waals surface area contributed by atoms with E-state index in [2.05, 4.69) is 58.1 Å². The fraction of sp³-hybridized carbons (Fsp3) is 0.211. The summed E-state index contributed by atoms with van der Waals surface area (Å²) < 4.78 is 7.13. The third-order valence-corrected chi connectivity index (χ3v) is 4.44. The predicted molar refractivity (Wildman–Crippen MR) is 96.4 cm³/mol. The number of nitrogens with zero attached hydrogens (tertiary/aromatic N) is 4. The smallest absolute Gasteiger partial charge is 0.248 e. The summed E-state index contributed by atoms with van der Waals surface area (Å²) in [5.74, 6) is 1.44. The number of aromatic nitrogens is 4. The Bertz CT molecular complexity index is 914. The highest BCUT2D eigenvalue weighted by Gasteiger charge is 2.24. The molecule has 0 saturated heterocycles. The van der Waals surface area contributed by atoms with Crippen LogP contribution in [0.3, 0.4) is 0 Å². The van der Waals surface area contributed by atoms with Gasteiger partial charge in [0.15, 0.2) is 0 Å². The summed E-state index contributed by atoms with van der Waals surface area (Å²) in [5, 5.41) is 15.4. The molecule has 6 heteroatoms. The predicted octanol–water partition coefficient (Wildman–Crippen LogP) is 3.30. The molecule has 0 bridgehead atoms. The summed E-state index contributed by atoms with van der Waals surface area (Å²) in [6.07, 6.45) is 3.16. The summed E-state index contributed by atoms with van der Waals surface area (Å²) in [4.78, 5) is 0. The molecule has 2 heterocycles. The second-order valence-corrected chi connectivity index (χ2v) is 5.92. The van der Waals surface area contributed by atoms with Crippen molar-refractivity contribution in [3.05, 3.63) is 71.3 Å². The van der Waals surface area contributed by atoms with Gasteiger partial charge in [-0.2, -0.15) is 4.68 Å². The molecule has 3 aromatic rings. The Morgan fingerprint density at radius 3 is 2.76 bits per heavy atom. The number of ether oxygens (including phenoxy) is 1. The minimum absolute atomic E-state index is 0.0571. The third kappa shape index (κ3) is 2.87. The molecule has 0 unspecified atom stereocenters. The topological polar surface area (TPSA) is 64.9 Å². The average Bonchev–Trinajstić information content (AvgIpc) is 3.16. The zero-order valence-corrected chi connectivity index (χ0v) is 14.2. The molecule has 126 valence electrons. The lowest BCUT2D eigenvalue weighted by Gasteiger charge is -2.23. The van der Waals surface area contributed by atoms with Gasteiger partial charge in [0.2, 0.25) is 5.95 Å². The van der Waals surface area contributed by atoms with Gasteiger partial charge in [-0.25, -0.2) is 0 Å². The molecular formula is C19H19N5O. The number of fused-ring (bicyclic) bond motifs is 1. The fourth-order valence-corrected chi connectivity index (χ4v) is 3.00. The highest BCUT2D eigenvalue weighted by atomic mass is 16.5. The van der Waals surface area contributed by atoms with Crippen LogP contribution in [0.2, 0.25) is 0 Å². The molecule has 6 nitrogen and oxygen atoms in total. The number of tetrazole rings is 1. The second-order valence-electron chi connectivity index (χ2n) is 5.92. The monoisotopic (exact) mass is 333 g/mol. The van der Waals surface area contributed by atoms with Crippen molar-refractivity contribution < 1.29 is 4.74 Å². The average molecular weight is 333 g/mol. The molecular weight excluding hydrogens is 314 g/mol. The van der Waals surface area contributed by atoms with Crippen molar-refractivity contribution in [1.82, 2.24) is 20.2 Å². The quantitative estimate of drug-likeness (QED) is 0.793. The maximum Gasteiger partial charge on any atom is 0.248 e. The number of anilines is 1. The first-order valence-electron chi connectivity index (χ1n) is 8.28. The number of hydrogen-bond donors (Lipinski definition) is 1. The molecule has 1 N–H and O–H groups in total. The first kappa shape index (κ1) is 15.4. The van der Waals surface area contributed by atoms with Gasteiger partial charge in [0.1, 0.15) is 11.8 Å². The maximum absolute atomic E-state index is 5.34. The van der Waals surface area contributed by atoms with Crippen LogP contribution in [0.4, 0.5) is 5.95 Å². The summed E-state index contributed by atoms with van der Waals surface area (Å²) in [6, 6.07) is 16.5. The van der Waals surface area contributed by atoms with Gasteiger partial charge in [-0.05, 0) is 46.2 Å². The number of rotatable bonds is 4. The van der Waals surface area contributed by atoms with Crippen LogP contribution in [0.15, 0.2) is 54.6 Å². The summed E-state index contributed by atoms with van der Waals surface area (Å²) >= 11 is 0. The lowest BCUT2D eigenvalue weighted by molar-refractivity contribution is 0.414. The fourth-order valence-electron chi connectivity index (χ4n) is 3.00. The number of aryl methyl sites for hydroxylation is 1. The highest BCUT2D eigenvalue weighted by molar-refractivity contribution is 5.77. The van der Waals surface area contributed by atoms with Crippen molar-refractivity contribution >= 4 is 11.6 Å². The van der Waals surface area contributed by atoms with Crippen LogP contribution in [0.5, 0.6) is 5.75 Å². The molecule has 0 amide bonds. The Balaban J connectivity index is 1.77. The van der Waals surface area contributed by atoms with Crippen molar-refractivity contribution in [1.29, 1.82) is 0 Å². The van der Waals surface area contributed by atoms with E-state index in [1.807, 2.05) is 24.3 Å². The van der Waals surface area contributed by atoms with Gasteiger partial charge in [0.25, 0.3) is 0 Å². The number of methoxy groups -OCH3 is 1. The molecule has 1 atom stereocenters. The van der Waals surface area contributed by atoms with E-state index in [-0.39, 0.29) is 6.04 Å². The molecule has 1 aliphatic rings. The summed E-state index contributed by atoms with van der Waals surface area (Å²) in [7, 11) is 1.67. The van der Waals surface area contributed by atoms with Crippen molar-refractivity contribution in [2.75, 3.05) is 12.4 Å². The summed E-state index contributed by atoms with van der Waals surface area (Å²) in [5.41, 5.74) is 4.45. The summed E-state index contributed by atoms with van der Waals surface area (Å²) in [6.45, 7) is 2.15. The van der Waals surface area contributed by atoms with Gasteiger partial charge in [0.05, 0.1) is 7.11 Å². The van der Waals surface area contributed by atoms with Crippen LogP contribution in [0, 0.1) is 0 Å². The standard InChI is InChI=1S/C19H19N5O/c1-3-13-7-9-14(10-8-13)18-12-17(20-19-21-22-23-24(18)19)15-5-4-6-16(11-15)25-2/h4-12,18H,3H2,1-2H3,(H,20,21,23)/t18-/m1/s1. The van der Waals surface area contributed by atoms with Gasteiger partial charge in [0, 0.05) is 11.3 Å². The Labute approximate surface area is 146 Å². The van der Waals surface area contributed by atoms with Crippen LogP contribution in [0.25, 0.3) is 5.70 Å². The Morgan fingerprint density at radius 1 is 1.16 bits per heavy atom. The number of allylic oxidation sites excluding steroid dienone is 1. The SMILES string of the molecule is CCc1ccc([C@H]2C=C(c3cccc(OC)c3)Nc3nnnn32)cc1. The van der Waals surface area contributed by atoms with E-state index in [4.69, 9.17) is 4.74 Å². The van der Waals surface area contributed by atoms with E-state index in [1.54, 1.807) is 11.8 Å². The largest absolute Gasteiger partial charge is 0.497 e. The van der Waals surface area contributed by atoms with E-state index in [0.29, 0.717) is 5.95 Å². The number of nitrogens with one attached hydrogen (secondary N) is 1. The van der Waals surface area contributed by atoms with Gasteiger partial charge in [-0.3, -0.25) is 0 Å². The number of benzene rings is 2. The first-order chi connectivity index (χ1) is 12.3. The minimum Gasteiger partial charge on any atom is -0.497 e. The molecule has 0 saturated carbocycles. The van der Waals surface area contributed by atoms with E-state index >= 15 is 0 Å². The van der Waals surface area contributed by atoms with Gasteiger partial charge in [-0.15, -0.1) is 0 Å². The molecule has 0 fully saturated rings. The van der Waals surface area contributed by atoms with E-state index in [1.165, 1.54) is 5.56 Å². The molecule has 4 rings (SSSR count).